The molecule has 0 atom stereocenters. The molecule has 3 aromatic rings. The average molecular weight is 386 g/mol. The molecule has 6 heteroatoms. The van der Waals surface area contributed by atoms with Gasteiger partial charge >= 0.3 is 5.97 Å². The molecule has 0 fully saturated rings. The summed E-state index contributed by atoms with van der Waals surface area (Å²) in [5, 5.41) is 13.6. The molecule has 0 amide bonds. The average Bonchev–Trinajstić information content (AvgIpc) is 3.11. The molecule has 0 aliphatic rings. The number of hydrogen-bond donors (Lipinski definition) is 1. The van der Waals surface area contributed by atoms with Crippen molar-refractivity contribution in [1.29, 1.82) is 0 Å². The monoisotopic (exact) mass is 385 g/mol. The van der Waals surface area contributed by atoms with Crippen LogP contribution < -0.4 is 4.74 Å². The Morgan fingerprint density at radius 2 is 1.85 bits per heavy atom. The van der Waals surface area contributed by atoms with Crippen LogP contribution in [0.3, 0.4) is 0 Å². The van der Waals surface area contributed by atoms with Gasteiger partial charge in [-0.3, -0.25) is 4.79 Å². The van der Waals surface area contributed by atoms with Crippen molar-refractivity contribution in [3.05, 3.63) is 69.9 Å². The predicted molar refractivity (Wildman–Crippen MR) is 103 cm³/mol. The van der Waals surface area contributed by atoms with Gasteiger partial charge in [-0.25, -0.2) is 0 Å². The maximum atomic E-state index is 10.8. The number of aryl methyl sites for hydroxylation is 1. The van der Waals surface area contributed by atoms with E-state index in [9.17, 15) is 4.79 Å². The number of carboxylic acids is 1. The second-order valence-corrected chi connectivity index (χ2v) is 6.79. The second kappa shape index (κ2) is 8.27. The fraction of sp³-hybridized carbons (Fsp3) is 0.238. The van der Waals surface area contributed by atoms with Crippen molar-refractivity contribution >= 4 is 17.6 Å². The van der Waals surface area contributed by atoms with Crippen LogP contribution >= 0.6 is 11.6 Å². The van der Waals surface area contributed by atoms with Crippen molar-refractivity contribution in [1.82, 2.24) is 5.16 Å². The van der Waals surface area contributed by atoms with Gasteiger partial charge in [0, 0.05) is 17.0 Å². The summed E-state index contributed by atoms with van der Waals surface area (Å²) in [4.78, 5) is 10.8. The van der Waals surface area contributed by atoms with Gasteiger partial charge in [-0.1, -0.05) is 35.0 Å². The summed E-state index contributed by atoms with van der Waals surface area (Å²) in [7, 11) is 0. The van der Waals surface area contributed by atoms with Crippen LogP contribution in [0.4, 0.5) is 0 Å². The van der Waals surface area contributed by atoms with Crippen LogP contribution in [-0.2, 0) is 17.8 Å². The molecule has 0 bridgehead atoms. The maximum Gasteiger partial charge on any atom is 0.303 e. The highest BCUT2D eigenvalue weighted by atomic mass is 35.5. The van der Waals surface area contributed by atoms with E-state index in [-0.39, 0.29) is 6.42 Å². The molecule has 0 saturated heterocycles. The molecule has 0 unspecified atom stereocenters. The maximum absolute atomic E-state index is 10.8. The quantitative estimate of drug-likeness (QED) is 0.604. The Kier molecular flexibility index (Phi) is 5.81. The van der Waals surface area contributed by atoms with E-state index in [4.69, 9.17) is 26.0 Å². The highest BCUT2D eigenvalue weighted by Crippen LogP contribution is 2.28. The van der Waals surface area contributed by atoms with Gasteiger partial charge in [0.2, 0.25) is 0 Å². The molecule has 140 valence electrons. The third-order valence-corrected chi connectivity index (χ3v) is 4.85. The van der Waals surface area contributed by atoms with Crippen LogP contribution in [-0.4, -0.2) is 16.2 Å². The molecular formula is C21H20ClNO4. The van der Waals surface area contributed by atoms with Crippen molar-refractivity contribution < 1.29 is 19.2 Å². The van der Waals surface area contributed by atoms with Crippen molar-refractivity contribution in [2.24, 2.45) is 0 Å². The van der Waals surface area contributed by atoms with Gasteiger partial charge in [-0.2, -0.15) is 0 Å². The number of halogens is 1. The lowest BCUT2D eigenvalue weighted by atomic mass is 9.99. The number of nitrogens with zero attached hydrogens (tertiary/aromatic N) is 1. The van der Waals surface area contributed by atoms with E-state index in [1.165, 1.54) is 0 Å². The molecule has 0 saturated carbocycles. The Labute approximate surface area is 162 Å². The van der Waals surface area contributed by atoms with Crippen molar-refractivity contribution in [3.63, 3.8) is 0 Å². The lowest BCUT2D eigenvalue weighted by Crippen LogP contribution is -2.03. The number of carboxylic acid groups (broad SMARTS) is 1. The first-order valence-corrected chi connectivity index (χ1v) is 8.96. The van der Waals surface area contributed by atoms with Gasteiger partial charge in [0.05, 0.1) is 5.56 Å². The zero-order valence-electron chi connectivity index (χ0n) is 15.2. The van der Waals surface area contributed by atoms with Gasteiger partial charge in [0.25, 0.3) is 0 Å². The van der Waals surface area contributed by atoms with E-state index >= 15 is 0 Å². The fourth-order valence-electron chi connectivity index (χ4n) is 2.88. The minimum atomic E-state index is -0.797. The minimum Gasteiger partial charge on any atom is -0.488 e. The third-order valence-electron chi connectivity index (χ3n) is 4.60. The summed E-state index contributed by atoms with van der Waals surface area (Å²) in [6.45, 7) is 4.27. The molecule has 0 aliphatic carbocycles. The van der Waals surface area contributed by atoms with Crippen LogP contribution in [0.15, 0.2) is 47.2 Å². The van der Waals surface area contributed by atoms with Crippen LogP contribution in [0, 0.1) is 13.8 Å². The molecule has 1 aromatic heterocycles. The summed E-state index contributed by atoms with van der Waals surface area (Å²) < 4.78 is 11.1. The molecule has 1 heterocycles. The first kappa shape index (κ1) is 19.0. The van der Waals surface area contributed by atoms with E-state index in [0.717, 1.165) is 39.3 Å². The molecule has 27 heavy (non-hydrogen) atoms. The van der Waals surface area contributed by atoms with Crippen LogP contribution in [0.1, 0.15) is 28.7 Å². The Bertz CT molecular complexity index is 947. The predicted octanol–water partition coefficient (Wildman–Crippen LogP) is 5.21. The lowest BCUT2D eigenvalue weighted by Gasteiger charge is -2.14. The van der Waals surface area contributed by atoms with Crippen molar-refractivity contribution in [3.8, 4) is 17.0 Å². The number of ether oxygens (including phenoxy) is 1. The number of benzene rings is 2. The zero-order chi connectivity index (χ0) is 19.4. The minimum absolute atomic E-state index is 0.117. The van der Waals surface area contributed by atoms with Gasteiger partial charge in [0.1, 0.15) is 24.3 Å². The molecule has 2 aromatic carbocycles. The van der Waals surface area contributed by atoms with Crippen LogP contribution in [0.5, 0.6) is 5.75 Å². The summed E-state index contributed by atoms with van der Waals surface area (Å²) in [6, 6.07) is 11.2. The molecule has 3 rings (SSSR count). The lowest BCUT2D eigenvalue weighted by molar-refractivity contribution is -0.136. The Hall–Kier alpha value is -2.79. The van der Waals surface area contributed by atoms with Gasteiger partial charge in [0.15, 0.2) is 0 Å². The fourth-order valence-corrected chi connectivity index (χ4v) is 3.01. The largest absolute Gasteiger partial charge is 0.488 e. The second-order valence-electron chi connectivity index (χ2n) is 6.35. The molecular weight excluding hydrogens is 366 g/mol. The van der Waals surface area contributed by atoms with E-state index in [2.05, 4.69) is 5.16 Å². The van der Waals surface area contributed by atoms with Gasteiger partial charge < -0.3 is 14.4 Å². The van der Waals surface area contributed by atoms with Crippen LogP contribution in [0.2, 0.25) is 5.02 Å². The van der Waals surface area contributed by atoms with Gasteiger partial charge in [-0.05, 0) is 55.2 Å². The van der Waals surface area contributed by atoms with E-state index in [0.29, 0.717) is 18.1 Å². The Morgan fingerprint density at radius 3 is 2.56 bits per heavy atom. The topological polar surface area (TPSA) is 72.6 Å². The zero-order valence-corrected chi connectivity index (χ0v) is 15.9. The number of aromatic nitrogens is 1. The first-order valence-electron chi connectivity index (χ1n) is 8.58. The smallest absolute Gasteiger partial charge is 0.303 e. The number of carbonyl (C=O) groups is 1. The van der Waals surface area contributed by atoms with Crippen molar-refractivity contribution in [2.45, 2.75) is 33.3 Å². The number of hydrogen-bond acceptors (Lipinski definition) is 4. The highest BCUT2D eigenvalue weighted by Gasteiger charge is 2.13. The van der Waals surface area contributed by atoms with E-state index in [1.807, 2.05) is 38.1 Å². The number of aliphatic carboxylic acids is 1. The summed E-state index contributed by atoms with van der Waals surface area (Å²) in [5.41, 5.74) is 5.54. The molecule has 0 radical (unpaired) electrons. The molecule has 0 spiro atoms. The third kappa shape index (κ3) is 4.49. The summed E-state index contributed by atoms with van der Waals surface area (Å²) in [6.07, 6.45) is 2.20. The molecule has 0 aliphatic heterocycles. The standard InChI is InChI=1S/C21H20ClNO4/c1-13-14(2)19(9-5-15(13)6-10-20(24)25)26-11-17-12-27-23-21(17)16-3-7-18(22)8-4-16/h3-5,7-9,12H,6,10-11H2,1-2H3,(H,24,25). The van der Waals surface area contributed by atoms with Crippen LogP contribution in [0.25, 0.3) is 11.3 Å². The normalized spacial score (nSPS) is 10.8. The van der Waals surface area contributed by atoms with E-state index in [1.54, 1.807) is 18.4 Å². The Balaban J connectivity index is 1.74. The molecule has 5 nitrogen and oxygen atoms in total. The first-order chi connectivity index (χ1) is 13.0. The van der Waals surface area contributed by atoms with E-state index < -0.39 is 5.97 Å². The SMILES string of the molecule is Cc1c(CCC(=O)O)ccc(OCc2conc2-c2ccc(Cl)cc2)c1C. The van der Waals surface area contributed by atoms with Gasteiger partial charge in [-0.15, -0.1) is 0 Å². The Morgan fingerprint density at radius 1 is 1.11 bits per heavy atom. The summed E-state index contributed by atoms with van der Waals surface area (Å²) >= 11 is 5.94. The number of rotatable bonds is 7. The highest BCUT2D eigenvalue weighted by molar-refractivity contribution is 6.30. The summed E-state index contributed by atoms with van der Waals surface area (Å²) in [5.74, 6) is -0.0376. The van der Waals surface area contributed by atoms with Crippen molar-refractivity contribution in [2.75, 3.05) is 0 Å². The molecule has 1 N–H and O–H groups in total.